The van der Waals surface area contributed by atoms with Crippen LogP contribution in [0.1, 0.15) is 25.1 Å². The lowest BCUT2D eigenvalue weighted by Gasteiger charge is -2.43. The number of nitrogens with zero attached hydrogens (tertiary/aromatic N) is 4. The molecule has 0 unspecified atom stereocenters. The number of hydrogen-bond acceptors (Lipinski definition) is 5. The second kappa shape index (κ2) is 7.56. The summed E-state index contributed by atoms with van der Waals surface area (Å²) in [5.74, 6) is -0.157. The molecule has 0 radical (unpaired) electrons. The lowest BCUT2D eigenvalue weighted by molar-refractivity contribution is -0.144. The summed E-state index contributed by atoms with van der Waals surface area (Å²) < 4.78 is 13.6. The zero-order valence-corrected chi connectivity index (χ0v) is 16.4. The van der Waals surface area contributed by atoms with Gasteiger partial charge in [-0.1, -0.05) is 12.1 Å². The summed E-state index contributed by atoms with van der Waals surface area (Å²) in [5, 5.41) is 11.9. The van der Waals surface area contributed by atoms with Gasteiger partial charge in [-0.2, -0.15) is 10.2 Å². The van der Waals surface area contributed by atoms with Gasteiger partial charge in [0.05, 0.1) is 16.9 Å². The molecule has 1 amide bonds. The maximum Gasteiger partial charge on any atom is 0.242 e. The fourth-order valence-corrected chi connectivity index (χ4v) is 4.04. The molecule has 0 saturated carbocycles. The number of carbonyl (C=O) groups excluding carboxylic acids is 1. The SMILES string of the molecule is CC(C)(C(=O)N1CCc2nnc(-c3cccc(F)c3)cc2C1)N1CCNCC1. The number of carbonyl (C=O) groups is 1. The molecule has 2 aliphatic heterocycles. The summed E-state index contributed by atoms with van der Waals surface area (Å²) in [4.78, 5) is 17.5. The van der Waals surface area contributed by atoms with Crippen LogP contribution in [0.15, 0.2) is 30.3 Å². The summed E-state index contributed by atoms with van der Waals surface area (Å²) in [6.45, 7) is 8.75. The van der Waals surface area contributed by atoms with Crippen molar-refractivity contribution in [2.45, 2.75) is 32.4 Å². The van der Waals surface area contributed by atoms with Crippen LogP contribution in [-0.2, 0) is 17.8 Å². The molecule has 1 aromatic heterocycles. The Labute approximate surface area is 164 Å². The number of amides is 1. The van der Waals surface area contributed by atoms with Gasteiger partial charge in [-0.3, -0.25) is 9.69 Å². The van der Waals surface area contributed by atoms with Crippen LogP contribution in [0.25, 0.3) is 11.3 Å². The molecule has 4 rings (SSSR count). The third-order valence-corrected chi connectivity index (χ3v) is 5.78. The predicted octanol–water partition coefficient (Wildman–Crippen LogP) is 1.85. The van der Waals surface area contributed by atoms with Crippen LogP contribution in [0.3, 0.4) is 0 Å². The monoisotopic (exact) mass is 383 g/mol. The Balaban J connectivity index is 1.55. The minimum atomic E-state index is -0.536. The van der Waals surface area contributed by atoms with Gasteiger partial charge in [-0.05, 0) is 37.6 Å². The molecule has 1 N–H and O–H groups in total. The average molecular weight is 383 g/mol. The van der Waals surface area contributed by atoms with E-state index in [-0.39, 0.29) is 11.7 Å². The maximum atomic E-state index is 13.6. The van der Waals surface area contributed by atoms with Crippen LogP contribution in [-0.4, -0.2) is 64.2 Å². The van der Waals surface area contributed by atoms with E-state index >= 15 is 0 Å². The standard InChI is InChI=1S/C21H26FN5O/c1-21(2,27-10-7-23-8-11-27)20(28)26-9-6-18-16(14-26)13-19(25-24-18)15-4-3-5-17(22)12-15/h3-5,12-13,23H,6-11,14H2,1-2H3. The lowest BCUT2D eigenvalue weighted by Crippen LogP contribution is -2.61. The van der Waals surface area contributed by atoms with E-state index in [2.05, 4.69) is 20.4 Å². The summed E-state index contributed by atoms with van der Waals surface area (Å²) >= 11 is 0. The van der Waals surface area contributed by atoms with Gasteiger partial charge in [0.1, 0.15) is 5.82 Å². The highest BCUT2D eigenvalue weighted by Crippen LogP contribution is 2.26. The molecule has 7 heteroatoms. The quantitative estimate of drug-likeness (QED) is 0.877. The molecular formula is C21H26FN5O. The number of fused-ring (bicyclic) bond motifs is 1. The van der Waals surface area contributed by atoms with E-state index in [0.717, 1.165) is 37.4 Å². The van der Waals surface area contributed by atoms with Gasteiger partial charge in [0.2, 0.25) is 5.91 Å². The minimum Gasteiger partial charge on any atom is -0.336 e. The predicted molar refractivity (Wildman–Crippen MR) is 105 cm³/mol. The Bertz CT molecular complexity index is 879. The van der Waals surface area contributed by atoms with E-state index in [1.165, 1.54) is 12.1 Å². The third kappa shape index (κ3) is 3.64. The molecule has 2 aliphatic rings. The first kappa shape index (κ1) is 19.0. The van der Waals surface area contributed by atoms with E-state index in [9.17, 15) is 9.18 Å². The first-order chi connectivity index (χ1) is 13.4. The topological polar surface area (TPSA) is 61.4 Å². The van der Waals surface area contributed by atoms with Crippen molar-refractivity contribution in [3.8, 4) is 11.3 Å². The van der Waals surface area contributed by atoms with Gasteiger partial charge < -0.3 is 10.2 Å². The highest BCUT2D eigenvalue weighted by atomic mass is 19.1. The van der Waals surface area contributed by atoms with Crippen molar-refractivity contribution in [3.63, 3.8) is 0 Å². The van der Waals surface area contributed by atoms with Gasteiger partial charge in [0.15, 0.2) is 0 Å². The van der Waals surface area contributed by atoms with Crippen molar-refractivity contribution >= 4 is 5.91 Å². The largest absolute Gasteiger partial charge is 0.336 e. The van der Waals surface area contributed by atoms with Gasteiger partial charge in [-0.15, -0.1) is 0 Å². The molecule has 1 aromatic carbocycles. The number of rotatable bonds is 3. The van der Waals surface area contributed by atoms with Crippen molar-refractivity contribution in [1.29, 1.82) is 0 Å². The second-order valence-electron chi connectivity index (χ2n) is 7.98. The molecule has 0 spiro atoms. The Morgan fingerprint density at radius 3 is 2.68 bits per heavy atom. The molecule has 0 atom stereocenters. The van der Waals surface area contributed by atoms with Crippen molar-refractivity contribution in [3.05, 3.63) is 47.4 Å². The van der Waals surface area contributed by atoms with Crippen molar-refractivity contribution in [2.75, 3.05) is 32.7 Å². The van der Waals surface area contributed by atoms with Crippen molar-refractivity contribution < 1.29 is 9.18 Å². The summed E-state index contributed by atoms with van der Waals surface area (Å²) in [6.07, 6.45) is 0.690. The van der Waals surface area contributed by atoms with Gasteiger partial charge >= 0.3 is 0 Å². The number of aromatic nitrogens is 2. The smallest absolute Gasteiger partial charge is 0.242 e. The number of piperazine rings is 1. The molecule has 28 heavy (non-hydrogen) atoms. The molecular weight excluding hydrogens is 357 g/mol. The summed E-state index contributed by atoms with van der Waals surface area (Å²) in [6, 6.07) is 8.29. The van der Waals surface area contributed by atoms with Crippen LogP contribution >= 0.6 is 0 Å². The molecule has 3 heterocycles. The molecule has 0 aliphatic carbocycles. The Morgan fingerprint density at radius 2 is 1.93 bits per heavy atom. The number of hydrogen-bond donors (Lipinski definition) is 1. The molecule has 0 bridgehead atoms. The van der Waals surface area contributed by atoms with E-state index in [4.69, 9.17) is 0 Å². The second-order valence-corrected chi connectivity index (χ2v) is 7.98. The minimum absolute atomic E-state index is 0.143. The Kier molecular flexibility index (Phi) is 5.12. The highest BCUT2D eigenvalue weighted by molar-refractivity contribution is 5.85. The van der Waals surface area contributed by atoms with E-state index < -0.39 is 5.54 Å². The maximum absolute atomic E-state index is 13.6. The van der Waals surface area contributed by atoms with E-state index in [1.54, 1.807) is 6.07 Å². The van der Waals surface area contributed by atoms with Gasteiger partial charge in [0.25, 0.3) is 0 Å². The van der Waals surface area contributed by atoms with Crippen LogP contribution < -0.4 is 5.32 Å². The van der Waals surface area contributed by atoms with Crippen molar-refractivity contribution in [2.24, 2.45) is 0 Å². The van der Waals surface area contributed by atoms with Gasteiger partial charge in [0, 0.05) is 51.3 Å². The van der Waals surface area contributed by atoms with Crippen LogP contribution in [0, 0.1) is 5.82 Å². The van der Waals surface area contributed by atoms with Crippen molar-refractivity contribution in [1.82, 2.24) is 25.3 Å². The molecule has 1 fully saturated rings. The molecule has 1 saturated heterocycles. The fourth-order valence-electron chi connectivity index (χ4n) is 4.04. The first-order valence-electron chi connectivity index (χ1n) is 9.82. The normalized spacial score (nSPS) is 18.0. The average Bonchev–Trinajstić information content (AvgIpc) is 2.73. The van der Waals surface area contributed by atoms with Gasteiger partial charge in [-0.25, -0.2) is 4.39 Å². The molecule has 6 nitrogen and oxygen atoms in total. The van der Waals surface area contributed by atoms with E-state index in [1.807, 2.05) is 30.9 Å². The van der Waals surface area contributed by atoms with Crippen LogP contribution in [0.5, 0.6) is 0 Å². The number of halogens is 1. The van der Waals surface area contributed by atoms with Crippen LogP contribution in [0.2, 0.25) is 0 Å². The third-order valence-electron chi connectivity index (χ3n) is 5.78. The molecule has 148 valence electrons. The molecule has 2 aromatic rings. The van der Waals surface area contributed by atoms with Crippen LogP contribution in [0.4, 0.5) is 4.39 Å². The number of benzene rings is 1. The van der Waals surface area contributed by atoms with E-state index in [0.29, 0.717) is 30.8 Å². The number of nitrogens with one attached hydrogen (secondary N) is 1. The zero-order chi connectivity index (χ0) is 19.7. The Hall–Kier alpha value is -2.38. The fraction of sp³-hybridized carbons (Fsp3) is 0.476. The zero-order valence-electron chi connectivity index (χ0n) is 16.4. The summed E-state index contributed by atoms with van der Waals surface area (Å²) in [5.41, 5.74) is 2.70. The summed E-state index contributed by atoms with van der Waals surface area (Å²) in [7, 11) is 0. The highest BCUT2D eigenvalue weighted by Gasteiger charge is 2.39. The first-order valence-corrected chi connectivity index (χ1v) is 9.82. The lowest BCUT2D eigenvalue weighted by atomic mass is 9.96. The Morgan fingerprint density at radius 1 is 1.14 bits per heavy atom.